The molecule has 1 fully saturated rings. The number of hydrogen-bond acceptors (Lipinski definition) is 4. The van der Waals surface area contributed by atoms with Crippen molar-refractivity contribution >= 4 is 5.69 Å². The Morgan fingerprint density at radius 3 is 2.38 bits per heavy atom. The highest BCUT2D eigenvalue weighted by Gasteiger charge is 2.10. The van der Waals surface area contributed by atoms with Gasteiger partial charge in [0.25, 0.3) is 0 Å². The summed E-state index contributed by atoms with van der Waals surface area (Å²) in [6.07, 6.45) is 0. The van der Waals surface area contributed by atoms with Gasteiger partial charge in [0.05, 0.1) is 0 Å². The van der Waals surface area contributed by atoms with Crippen molar-refractivity contribution in [3.63, 3.8) is 0 Å². The average molecular weight is 220 g/mol. The Morgan fingerprint density at radius 2 is 1.81 bits per heavy atom. The molecule has 5 N–H and O–H groups in total. The molecule has 0 spiro atoms. The molecule has 0 amide bonds. The Bertz CT molecular complexity index is 316. The lowest BCUT2D eigenvalue weighted by molar-refractivity contribution is 0.589. The Morgan fingerprint density at radius 1 is 1.19 bits per heavy atom. The second-order valence-electron chi connectivity index (χ2n) is 4.17. The lowest BCUT2D eigenvalue weighted by Gasteiger charge is -2.29. The van der Waals surface area contributed by atoms with Crippen LogP contribution in [0.15, 0.2) is 24.3 Å². The number of nitrogens with one attached hydrogen (secondary N) is 1. The van der Waals surface area contributed by atoms with Crippen molar-refractivity contribution in [2.24, 2.45) is 11.5 Å². The first-order chi connectivity index (χ1) is 7.81. The van der Waals surface area contributed by atoms with E-state index < -0.39 is 0 Å². The van der Waals surface area contributed by atoms with E-state index in [-0.39, 0.29) is 6.04 Å². The molecule has 1 aliphatic heterocycles. The molecule has 16 heavy (non-hydrogen) atoms. The van der Waals surface area contributed by atoms with Gasteiger partial charge in [-0.2, -0.15) is 0 Å². The Labute approximate surface area is 96.6 Å². The maximum absolute atomic E-state index is 5.87. The van der Waals surface area contributed by atoms with Gasteiger partial charge in [0, 0.05) is 44.5 Å². The first-order valence-electron chi connectivity index (χ1n) is 5.82. The van der Waals surface area contributed by atoms with E-state index in [0.717, 1.165) is 31.7 Å². The molecule has 4 heteroatoms. The monoisotopic (exact) mass is 220 g/mol. The lowest BCUT2D eigenvalue weighted by atomic mass is 10.1. The van der Waals surface area contributed by atoms with Crippen molar-refractivity contribution in [2.45, 2.75) is 6.04 Å². The van der Waals surface area contributed by atoms with Gasteiger partial charge in [0.2, 0.25) is 0 Å². The van der Waals surface area contributed by atoms with E-state index in [1.54, 1.807) is 0 Å². The zero-order chi connectivity index (χ0) is 11.4. The minimum absolute atomic E-state index is 0.0444. The van der Waals surface area contributed by atoms with Crippen LogP contribution in [0.3, 0.4) is 0 Å². The van der Waals surface area contributed by atoms with Gasteiger partial charge in [-0.15, -0.1) is 0 Å². The minimum Gasteiger partial charge on any atom is -0.369 e. The van der Waals surface area contributed by atoms with Crippen LogP contribution in [0.25, 0.3) is 0 Å². The summed E-state index contributed by atoms with van der Waals surface area (Å²) in [6, 6.07) is 8.38. The molecule has 2 rings (SSSR count). The van der Waals surface area contributed by atoms with Crippen molar-refractivity contribution in [3.8, 4) is 0 Å². The van der Waals surface area contributed by atoms with Crippen LogP contribution in [-0.2, 0) is 0 Å². The highest BCUT2D eigenvalue weighted by Crippen LogP contribution is 2.18. The molecule has 1 aromatic carbocycles. The summed E-state index contributed by atoms with van der Waals surface area (Å²) in [7, 11) is 0. The second kappa shape index (κ2) is 5.30. The zero-order valence-electron chi connectivity index (χ0n) is 9.52. The summed E-state index contributed by atoms with van der Waals surface area (Å²) in [5, 5.41) is 3.35. The summed E-state index contributed by atoms with van der Waals surface area (Å²) < 4.78 is 0. The number of anilines is 1. The highest BCUT2D eigenvalue weighted by atomic mass is 15.2. The largest absolute Gasteiger partial charge is 0.369 e. The molecule has 1 atom stereocenters. The standard InChI is InChI=1S/C12H20N4/c13-9-12(14)10-1-3-11(4-2-10)16-7-5-15-6-8-16/h1-4,12,15H,5-9,13-14H2/t12-/m0/s1. The number of piperazine rings is 1. The molecular formula is C12H20N4. The van der Waals surface area contributed by atoms with Gasteiger partial charge in [-0.25, -0.2) is 0 Å². The first-order valence-corrected chi connectivity index (χ1v) is 5.82. The normalized spacial score (nSPS) is 18.5. The van der Waals surface area contributed by atoms with E-state index in [1.165, 1.54) is 5.69 Å². The van der Waals surface area contributed by atoms with Crippen LogP contribution in [0.1, 0.15) is 11.6 Å². The molecule has 1 saturated heterocycles. The third-order valence-electron chi connectivity index (χ3n) is 3.06. The van der Waals surface area contributed by atoms with Crippen molar-refractivity contribution in [3.05, 3.63) is 29.8 Å². The maximum atomic E-state index is 5.87. The smallest absolute Gasteiger partial charge is 0.0419 e. The summed E-state index contributed by atoms with van der Waals surface area (Å²) in [4.78, 5) is 2.38. The quantitative estimate of drug-likeness (QED) is 0.673. The number of nitrogens with zero attached hydrogens (tertiary/aromatic N) is 1. The Kier molecular flexibility index (Phi) is 3.77. The summed E-state index contributed by atoms with van der Waals surface area (Å²) in [5.74, 6) is 0. The van der Waals surface area contributed by atoms with E-state index in [4.69, 9.17) is 11.5 Å². The first kappa shape index (κ1) is 11.4. The molecule has 0 aliphatic carbocycles. The van der Waals surface area contributed by atoms with Crippen molar-refractivity contribution in [1.82, 2.24) is 5.32 Å². The molecule has 0 saturated carbocycles. The molecule has 0 radical (unpaired) electrons. The van der Waals surface area contributed by atoms with Gasteiger partial charge in [-0.05, 0) is 17.7 Å². The van der Waals surface area contributed by atoms with Crippen LogP contribution < -0.4 is 21.7 Å². The molecule has 4 nitrogen and oxygen atoms in total. The number of benzene rings is 1. The van der Waals surface area contributed by atoms with Gasteiger partial charge in [0.1, 0.15) is 0 Å². The zero-order valence-corrected chi connectivity index (χ0v) is 9.52. The van der Waals surface area contributed by atoms with Gasteiger partial charge >= 0.3 is 0 Å². The topological polar surface area (TPSA) is 67.3 Å². The van der Waals surface area contributed by atoms with E-state index in [9.17, 15) is 0 Å². The van der Waals surface area contributed by atoms with Crippen LogP contribution >= 0.6 is 0 Å². The van der Waals surface area contributed by atoms with Crippen LogP contribution in [-0.4, -0.2) is 32.7 Å². The molecule has 1 heterocycles. The number of nitrogens with two attached hydrogens (primary N) is 2. The second-order valence-corrected chi connectivity index (χ2v) is 4.17. The predicted molar refractivity (Wildman–Crippen MR) is 67.5 cm³/mol. The lowest BCUT2D eigenvalue weighted by Crippen LogP contribution is -2.43. The third-order valence-corrected chi connectivity index (χ3v) is 3.06. The molecule has 88 valence electrons. The highest BCUT2D eigenvalue weighted by molar-refractivity contribution is 5.48. The summed E-state index contributed by atoms with van der Waals surface area (Å²) >= 11 is 0. The SMILES string of the molecule is NC[C@H](N)c1ccc(N2CCNCC2)cc1. The van der Waals surface area contributed by atoms with Crippen LogP contribution in [0.5, 0.6) is 0 Å². The van der Waals surface area contributed by atoms with E-state index in [1.807, 2.05) is 0 Å². The van der Waals surface area contributed by atoms with Crippen LogP contribution in [0, 0.1) is 0 Å². The molecule has 1 aromatic rings. The Balaban J connectivity index is 2.06. The summed E-state index contributed by atoms with van der Waals surface area (Å²) in [5.41, 5.74) is 13.8. The van der Waals surface area contributed by atoms with Gasteiger partial charge in [-0.1, -0.05) is 12.1 Å². The number of rotatable bonds is 3. The molecule has 1 aliphatic rings. The average Bonchev–Trinajstić information content (AvgIpc) is 2.39. The van der Waals surface area contributed by atoms with Gasteiger partial charge in [-0.3, -0.25) is 0 Å². The molecule has 0 aromatic heterocycles. The predicted octanol–water partition coefficient (Wildman–Crippen LogP) is 0.0547. The van der Waals surface area contributed by atoms with E-state index in [2.05, 4.69) is 34.5 Å². The van der Waals surface area contributed by atoms with E-state index >= 15 is 0 Å². The Hall–Kier alpha value is -1.10. The fraction of sp³-hybridized carbons (Fsp3) is 0.500. The van der Waals surface area contributed by atoms with Crippen LogP contribution in [0.2, 0.25) is 0 Å². The van der Waals surface area contributed by atoms with Gasteiger partial charge < -0.3 is 21.7 Å². The van der Waals surface area contributed by atoms with Gasteiger partial charge in [0.15, 0.2) is 0 Å². The molecule has 0 bridgehead atoms. The minimum atomic E-state index is -0.0444. The molecule has 0 unspecified atom stereocenters. The fourth-order valence-corrected chi connectivity index (χ4v) is 1.99. The van der Waals surface area contributed by atoms with Crippen molar-refractivity contribution < 1.29 is 0 Å². The van der Waals surface area contributed by atoms with Crippen LogP contribution in [0.4, 0.5) is 5.69 Å². The summed E-state index contributed by atoms with van der Waals surface area (Å²) in [6.45, 7) is 4.76. The fourth-order valence-electron chi connectivity index (χ4n) is 1.99. The van der Waals surface area contributed by atoms with Crippen molar-refractivity contribution in [1.29, 1.82) is 0 Å². The third kappa shape index (κ3) is 2.52. The van der Waals surface area contributed by atoms with E-state index in [0.29, 0.717) is 6.54 Å². The van der Waals surface area contributed by atoms with Crippen molar-refractivity contribution in [2.75, 3.05) is 37.6 Å². The molecular weight excluding hydrogens is 200 g/mol. The number of hydrogen-bond donors (Lipinski definition) is 3. The maximum Gasteiger partial charge on any atom is 0.0419 e.